The Bertz CT molecular complexity index is 276. The normalized spacial score (nSPS) is 19.1. The highest BCUT2D eigenvalue weighted by Crippen LogP contribution is 2.19. The molecule has 1 saturated heterocycles. The molecule has 90 valence electrons. The van der Waals surface area contributed by atoms with E-state index in [1.807, 2.05) is 11.3 Å². The lowest BCUT2D eigenvalue weighted by Gasteiger charge is -2.31. The van der Waals surface area contributed by atoms with Crippen LogP contribution in [0.4, 0.5) is 0 Å². The molecule has 1 aromatic heterocycles. The van der Waals surface area contributed by atoms with Crippen LogP contribution >= 0.6 is 11.3 Å². The standard InChI is InChI=1S/C13H22N2S/c1-2-14-10-12-5-7-15(8-6-12)11-13-4-3-9-16-13/h3-4,9,12,14H,2,5-8,10-11H2,1H3. The van der Waals surface area contributed by atoms with Crippen molar-refractivity contribution in [2.75, 3.05) is 26.2 Å². The monoisotopic (exact) mass is 238 g/mol. The van der Waals surface area contributed by atoms with Crippen molar-refractivity contribution in [2.24, 2.45) is 5.92 Å². The maximum atomic E-state index is 3.46. The zero-order valence-corrected chi connectivity index (χ0v) is 10.9. The third kappa shape index (κ3) is 3.58. The number of hydrogen-bond acceptors (Lipinski definition) is 3. The highest BCUT2D eigenvalue weighted by atomic mass is 32.1. The fourth-order valence-corrected chi connectivity index (χ4v) is 3.07. The minimum Gasteiger partial charge on any atom is -0.317 e. The second-order valence-corrected chi connectivity index (χ2v) is 5.64. The Balaban J connectivity index is 1.69. The molecule has 1 aliphatic heterocycles. The molecule has 0 bridgehead atoms. The molecule has 16 heavy (non-hydrogen) atoms. The minimum atomic E-state index is 0.902. The first kappa shape index (κ1) is 12.1. The van der Waals surface area contributed by atoms with Gasteiger partial charge < -0.3 is 5.32 Å². The molecule has 0 amide bonds. The van der Waals surface area contributed by atoms with Crippen LogP contribution in [0.3, 0.4) is 0 Å². The number of thiophene rings is 1. The smallest absolute Gasteiger partial charge is 0.0327 e. The molecule has 0 unspecified atom stereocenters. The van der Waals surface area contributed by atoms with Gasteiger partial charge in [-0.15, -0.1) is 11.3 Å². The van der Waals surface area contributed by atoms with Gasteiger partial charge in [0.1, 0.15) is 0 Å². The molecule has 0 atom stereocenters. The highest BCUT2D eigenvalue weighted by Gasteiger charge is 2.18. The third-order valence-electron chi connectivity index (χ3n) is 3.35. The van der Waals surface area contributed by atoms with Crippen molar-refractivity contribution in [3.8, 4) is 0 Å². The van der Waals surface area contributed by atoms with E-state index in [1.54, 1.807) is 0 Å². The van der Waals surface area contributed by atoms with E-state index in [4.69, 9.17) is 0 Å². The molecule has 1 aromatic rings. The van der Waals surface area contributed by atoms with Gasteiger partial charge >= 0.3 is 0 Å². The zero-order valence-electron chi connectivity index (χ0n) is 10.1. The van der Waals surface area contributed by atoms with Gasteiger partial charge in [-0.1, -0.05) is 13.0 Å². The summed E-state index contributed by atoms with van der Waals surface area (Å²) in [5.41, 5.74) is 0. The van der Waals surface area contributed by atoms with Gasteiger partial charge in [0.15, 0.2) is 0 Å². The van der Waals surface area contributed by atoms with Gasteiger partial charge in [0.25, 0.3) is 0 Å². The second-order valence-electron chi connectivity index (χ2n) is 4.61. The van der Waals surface area contributed by atoms with E-state index in [2.05, 4.69) is 34.7 Å². The minimum absolute atomic E-state index is 0.902. The van der Waals surface area contributed by atoms with Gasteiger partial charge in [-0.05, 0) is 56.4 Å². The van der Waals surface area contributed by atoms with Crippen molar-refractivity contribution in [1.29, 1.82) is 0 Å². The van der Waals surface area contributed by atoms with Crippen LogP contribution in [0, 0.1) is 5.92 Å². The lowest BCUT2D eigenvalue weighted by Crippen LogP contribution is -2.36. The Morgan fingerprint density at radius 3 is 2.88 bits per heavy atom. The summed E-state index contributed by atoms with van der Waals surface area (Å²) >= 11 is 1.88. The van der Waals surface area contributed by atoms with Crippen molar-refractivity contribution >= 4 is 11.3 Å². The lowest BCUT2D eigenvalue weighted by atomic mass is 9.97. The van der Waals surface area contributed by atoms with Crippen LogP contribution in [-0.2, 0) is 6.54 Å². The van der Waals surface area contributed by atoms with Gasteiger partial charge in [-0.2, -0.15) is 0 Å². The molecule has 1 N–H and O–H groups in total. The van der Waals surface area contributed by atoms with Gasteiger partial charge in [-0.3, -0.25) is 4.90 Å². The summed E-state index contributed by atoms with van der Waals surface area (Å²) in [6, 6.07) is 4.40. The van der Waals surface area contributed by atoms with Crippen molar-refractivity contribution in [3.63, 3.8) is 0 Å². The molecule has 3 heteroatoms. The zero-order chi connectivity index (χ0) is 11.2. The van der Waals surface area contributed by atoms with E-state index in [9.17, 15) is 0 Å². The molecule has 2 nitrogen and oxygen atoms in total. The van der Waals surface area contributed by atoms with Crippen LogP contribution in [0.15, 0.2) is 17.5 Å². The van der Waals surface area contributed by atoms with Crippen LogP contribution in [0.2, 0.25) is 0 Å². The third-order valence-corrected chi connectivity index (χ3v) is 4.21. The number of hydrogen-bond donors (Lipinski definition) is 1. The Kier molecular flexibility index (Phi) is 4.82. The van der Waals surface area contributed by atoms with Crippen molar-refractivity contribution in [2.45, 2.75) is 26.3 Å². The van der Waals surface area contributed by atoms with Gasteiger partial charge in [0.2, 0.25) is 0 Å². The second kappa shape index (κ2) is 6.38. The predicted molar refractivity (Wildman–Crippen MR) is 70.9 cm³/mol. The fourth-order valence-electron chi connectivity index (χ4n) is 2.32. The molecule has 0 radical (unpaired) electrons. The number of nitrogens with zero attached hydrogens (tertiary/aromatic N) is 1. The maximum absolute atomic E-state index is 3.46. The van der Waals surface area contributed by atoms with Gasteiger partial charge in [-0.25, -0.2) is 0 Å². The average Bonchev–Trinajstić information content (AvgIpc) is 2.81. The van der Waals surface area contributed by atoms with Crippen LogP contribution in [0.5, 0.6) is 0 Å². The Morgan fingerprint density at radius 1 is 1.44 bits per heavy atom. The Morgan fingerprint density at radius 2 is 2.25 bits per heavy atom. The first-order valence-electron chi connectivity index (χ1n) is 6.34. The molecule has 0 spiro atoms. The summed E-state index contributed by atoms with van der Waals surface area (Å²) in [7, 11) is 0. The van der Waals surface area contributed by atoms with Gasteiger partial charge in [0.05, 0.1) is 0 Å². The average molecular weight is 238 g/mol. The topological polar surface area (TPSA) is 15.3 Å². The van der Waals surface area contributed by atoms with Crippen LogP contribution < -0.4 is 5.32 Å². The molecule has 2 heterocycles. The number of piperidine rings is 1. The van der Waals surface area contributed by atoms with E-state index in [1.165, 1.54) is 37.4 Å². The van der Waals surface area contributed by atoms with E-state index >= 15 is 0 Å². The maximum Gasteiger partial charge on any atom is 0.0327 e. The summed E-state index contributed by atoms with van der Waals surface area (Å²) in [4.78, 5) is 4.10. The van der Waals surface area contributed by atoms with Crippen molar-refractivity contribution in [1.82, 2.24) is 10.2 Å². The van der Waals surface area contributed by atoms with E-state index < -0.39 is 0 Å². The van der Waals surface area contributed by atoms with E-state index in [-0.39, 0.29) is 0 Å². The number of nitrogens with one attached hydrogen (secondary N) is 1. The summed E-state index contributed by atoms with van der Waals surface area (Å²) < 4.78 is 0. The molecular weight excluding hydrogens is 216 g/mol. The summed E-state index contributed by atoms with van der Waals surface area (Å²) in [6.07, 6.45) is 2.72. The molecule has 2 rings (SSSR count). The first-order valence-corrected chi connectivity index (χ1v) is 7.22. The molecule has 0 saturated carbocycles. The van der Waals surface area contributed by atoms with Crippen molar-refractivity contribution < 1.29 is 0 Å². The Labute approximate surface area is 103 Å². The number of likely N-dealkylation sites (tertiary alicyclic amines) is 1. The predicted octanol–water partition coefficient (Wildman–Crippen LogP) is 2.57. The SMILES string of the molecule is CCNCC1CCN(Cc2cccs2)CC1. The fraction of sp³-hybridized carbons (Fsp3) is 0.692. The summed E-state index contributed by atoms with van der Waals surface area (Å²) in [5.74, 6) is 0.902. The molecule has 0 aliphatic carbocycles. The highest BCUT2D eigenvalue weighted by molar-refractivity contribution is 7.09. The van der Waals surface area contributed by atoms with E-state index in [0.29, 0.717) is 0 Å². The molecule has 1 fully saturated rings. The molecule has 0 aromatic carbocycles. The summed E-state index contributed by atoms with van der Waals surface area (Å²) in [5, 5.41) is 5.64. The van der Waals surface area contributed by atoms with Crippen LogP contribution in [0.25, 0.3) is 0 Å². The number of rotatable bonds is 5. The van der Waals surface area contributed by atoms with Crippen molar-refractivity contribution in [3.05, 3.63) is 22.4 Å². The largest absolute Gasteiger partial charge is 0.317 e. The quantitative estimate of drug-likeness (QED) is 0.848. The van der Waals surface area contributed by atoms with Gasteiger partial charge in [0, 0.05) is 11.4 Å². The van der Waals surface area contributed by atoms with Crippen LogP contribution in [-0.4, -0.2) is 31.1 Å². The molecular formula is C13H22N2S. The van der Waals surface area contributed by atoms with Crippen LogP contribution in [0.1, 0.15) is 24.6 Å². The molecule has 1 aliphatic rings. The summed E-state index contributed by atoms with van der Waals surface area (Å²) in [6.45, 7) is 8.21. The first-order chi connectivity index (χ1) is 7.88. The Hall–Kier alpha value is -0.380. The van der Waals surface area contributed by atoms with E-state index in [0.717, 1.165) is 19.0 Å². The lowest BCUT2D eigenvalue weighted by molar-refractivity contribution is 0.177.